The standard InChI is InChI=1S/C26H34FN3O6/c1-32-12-3-9-29(16-22(31)18-34-19-23-4-2-13-35-23)17-24-25(20-5-7-21(27)8-6-20)28-36-26(24)30-10-14-33-15-11-30/h2,4-8,13,22,31H,3,9-12,14-19H2,1H3/t22-/m1/s1. The third kappa shape index (κ3) is 7.37. The Balaban J connectivity index is 1.51. The van der Waals surface area contributed by atoms with Gasteiger partial charge < -0.3 is 33.2 Å². The number of rotatable bonds is 14. The van der Waals surface area contributed by atoms with Gasteiger partial charge in [0.15, 0.2) is 0 Å². The molecule has 9 nitrogen and oxygen atoms in total. The molecule has 1 atom stereocenters. The Morgan fingerprint density at radius 2 is 2.00 bits per heavy atom. The third-order valence-corrected chi connectivity index (χ3v) is 5.99. The molecular weight excluding hydrogens is 469 g/mol. The first-order valence-electron chi connectivity index (χ1n) is 12.2. The molecule has 0 amide bonds. The number of furan rings is 1. The predicted molar refractivity (Wildman–Crippen MR) is 131 cm³/mol. The SMILES string of the molecule is COCCCN(Cc1c(-c2ccc(F)cc2)noc1N1CCOCC1)C[C@@H](O)COCc1ccco1. The molecule has 0 spiro atoms. The van der Waals surface area contributed by atoms with Crippen LogP contribution in [0.25, 0.3) is 11.3 Å². The molecule has 4 rings (SSSR count). The van der Waals surface area contributed by atoms with E-state index in [1.165, 1.54) is 12.1 Å². The minimum Gasteiger partial charge on any atom is -0.467 e. The second-order valence-electron chi connectivity index (χ2n) is 8.75. The fourth-order valence-electron chi connectivity index (χ4n) is 4.22. The molecule has 1 N–H and O–H groups in total. The zero-order valence-corrected chi connectivity index (χ0v) is 20.6. The minimum absolute atomic E-state index is 0.173. The number of ether oxygens (including phenoxy) is 3. The first kappa shape index (κ1) is 26.3. The van der Waals surface area contributed by atoms with Crippen LogP contribution in [-0.4, -0.2) is 81.0 Å². The van der Waals surface area contributed by atoms with E-state index >= 15 is 0 Å². The Labute approximate surface area is 210 Å². The largest absolute Gasteiger partial charge is 0.467 e. The van der Waals surface area contributed by atoms with Gasteiger partial charge in [-0.3, -0.25) is 4.90 Å². The fourth-order valence-corrected chi connectivity index (χ4v) is 4.22. The lowest BCUT2D eigenvalue weighted by Gasteiger charge is -2.29. The predicted octanol–water partition coefficient (Wildman–Crippen LogP) is 3.33. The maximum atomic E-state index is 13.6. The smallest absolute Gasteiger partial charge is 0.232 e. The van der Waals surface area contributed by atoms with Gasteiger partial charge in [0.2, 0.25) is 5.88 Å². The highest BCUT2D eigenvalue weighted by Gasteiger charge is 2.26. The molecule has 0 aliphatic carbocycles. The highest BCUT2D eigenvalue weighted by atomic mass is 19.1. The van der Waals surface area contributed by atoms with E-state index in [0.717, 1.165) is 17.5 Å². The van der Waals surface area contributed by atoms with Crippen molar-refractivity contribution >= 4 is 5.88 Å². The minimum atomic E-state index is -0.705. The summed E-state index contributed by atoms with van der Waals surface area (Å²) in [5.41, 5.74) is 2.33. The van der Waals surface area contributed by atoms with Gasteiger partial charge in [-0.05, 0) is 42.8 Å². The summed E-state index contributed by atoms with van der Waals surface area (Å²) in [6, 6.07) is 9.87. The normalized spacial score (nSPS) is 15.1. The monoisotopic (exact) mass is 503 g/mol. The van der Waals surface area contributed by atoms with Crippen molar-refractivity contribution in [2.45, 2.75) is 25.7 Å². The van der Waals surface area contributed by atoms with Gasteiger partial charge in [0.05, 0.1) is 37.8 Å². The van der Waals surface area contributed by atoms with E-state index in [-0.39, 0.29) is 12.4 Å². The van der Waals surface area contributed by atoms with E-state index in [2.05, 4.69) is 15.0 Å². The van der Waals surface area contributed by atoms with Crippen molar-refractivity contribution in [3.8, 4) is 11.3 Å². The summed E-state index contributed by atoms with van der Waals surface area (Å²) in [4.78, 5) is 4.26. The van der Waals surface area contributed by atoms with E-state index in [1.807, 2.05) is 6.07 Å². The first-order chi connectivity index (χ1) is 17.6. The van der Waals surface area contributed by atoms with Gasteiger partial charge >= 0.3 is 0 Å². The van der Waals surface area contributed by atoms with Gasteiger partial charge in [-0.25, -0.2) is 4.39 Å². The lowest BCUT2D eigenvalue weighted by molar-refractivity contribution is 0.00282. The van der Waals surface area contributed by atoms with Crippen LogP contribution in [0.3, 0.4) is 0 Å². The van der Waals surface area contributed by atoms with E-state index in [1.54, 1.807) is 31.6 Å². The van der Waals surface area contributed by atoms with Crippen LogP contribution in [0.1, 0.15) is 17.7 Å². The number of nitrogens with zero attached hydrogens (tertiary/aromatic N) is 3. The number of anilines is 1. The molecule has 0 radical (unpaired) electrons. The number of benzene rings is 1. The van der Waals surface area contributed by atoms with E-state index in [9.17, 15) is 9.50 Å². The lowest BCUT2D eigenvalue weighted by Crippen LogP contribution is -2.38. The number of hydrogen-bond acceptors (Lipinski definition) is 9. The second kappa shape index (κ2) is 13.5. The summed E-state index contributed by atoms with van der Waals surface area (Å²) in [7, 11) is 1.67. The van der Waals surface area contributed by atoms with Crippen molar-refractivity contribution in [2.24, 2.45) is 0 Å². The highest BCUT2D eigenvalue weighted by molar-refractivity contribution is 5.68. The first-order valence-corrected chi connectivity index (χ1v) is 12.2. The maximum Gasteiger partial charge on any atom is 0.232 e. The molecule has 1 saturated heterocycles. The molecule has 3 aromatic rings. The molecule has 0 bridgehead atoms. The Morgan fingerprint density at radius 1 is 1.19 bits per heavy atom. The van der Waals surface area contributed by atoms with Crippen LogP contribution >= 0.6 is 0 Å². The van der Waals surface area contributed by atoms with E-state index in [4.69, 9.17) is 23.2 Å². The Morgan fingerprint density at radius 3 is 2.72 bits per heavy atom. The summed E-state index contributed by atoms with van der Waals surface area (Å²) in [5.74, 6) is 1.08. The maximum absolute atomic E-state index is 13.6. The molecule has 1 aliphatic rings. The van der Waals surface area contributed by atoms with Crippen LogP contribution in [0, 0.1) is 5.82 Å². The molecule has 10 heteroatoms. The van der Waals surface area contributed by atoms with Crippen molar-refractivity contribution in [3.63, 3.8) is 0 Å². The van der Waals surface area contributed by atoms with Crippen molar-refractivity contribution in [3.05, 3.63) is 59.8 Å². The van der Waals surface area contributed by atoms with Crippen LogP contribution < -0.4 is 4.90 Å². The summed E-state index contributed by atoms with van der Waals surface area (Å²) >= 11 is 0. The number of morpholine rings is 1. The summed E-state index contributed by atoms with van der Waals surface area (Å²) in [6.07, 6.45) is 1.68. The molecule has 0 unspecified atom stereocenters. The molecule has 1 fully saturated rings. The zero-order chi connectivity index (χ0) is 25.2. The van der Waals surface area contributed by atoms with Crippen molar-refractivity contribution in [1.29, 1.82) is 0 Å². The van der Waals surface area contributed by atoms with Gasteiger partial charge in [-0.2, -0.15) is 0 Å². The molecule has 3 heterocycles. The van der Waals surface area contributed by atoms with Crippen LogP contribution in [0.5, 0.6) is 0 Å². The van der Waals surface area contributed by atoms with Gasteiger partial charge in [-0.1, -0.05) is 5.16 Å². The molecule has 1 aliphatic heterocycles. The van der Waals surface area contributed by atoms with Crippen LogP contribution in [0.4, 0.5) is 10.3 Å². The number of hydrogen-bond donors (Lipinski definition) is 1. The van der Waals surface area contributed by atoms with Gasteiger partial charge in [0.1, 0.15) is 23.9 Å². The van der Waals surface area contributed by atoms with Crippen molar-refractivity contribution in [1.82, 2.24) is 10.1 Å². The number of aliphatic hydroxyl groups is 1. The number of aromatic nitrogens is 1. The molecule has 0 saturated carbocycles. The van der Waals surface area contributed by atoms with Crippen LogP contribution in [0.2, 0.25) is 0 Å². The van der Waals surface area contributed by atoms with Crippen LogP contribution in [-0.2, 0) is 27.4 Å². The topological polar surface area (TPSA) is 93.6 Å². The number of aliphatic hydroxyl groups excluding tert-OH is 1. The fraction of sp³-hybridized carbons (Fsp3) is 0.500. The average Bonchev–Trinajstić information content (AvgIpc) is 3.55. The van der Waals surface area contributed by atoms with Gasteiger partial charge in [0, 0.05) is 52.0 Å². The number of halogens is 1. The zero-order valence-electron chi connectivity index (χ0n) is 20.6. The summed E-state index contributed by atoms with van der Waals surface area (Å²) < 4.78 is 41.1. The molecule has 36 heavy (non-hydrogen) atoms. The lowest BCUT2D eigenvalue weighted by atomic mass is 10.1. The molecule has 2 aromatic heterocycles. The Hall–Kier alpha value is -2.76. The average molecular weight is 504 g/mol. The van der Waals surface area contributed by atoms with Gasteiger partial charge in [-0.15, -0.1) is 0 Å². The van der Waals surface area contributed by atoms with Crippen molar-refractivity contribution in [2.75, 3.05) is 64.6 Å². The summed E-state index contributed by atoms with van der Waals surface area (Å²) in [5, 5.41) is 15.1. The van der Waals surface area contributed by atoms with E-state index < -0.39 is 6.10 Å². The molecular formula is C26H34FN3O6. The Kier molecular flexibility index (Phi) is 9.88. The molecule has 1 aromatic carbocycles. The number of methoxy groups -OCH3 is 1. The van der Waals surface area contributed by atoms with Crippen LogP contribution in [0.15, 0.2) is 51.6 Å². The summed E-state index contributed by atoms with van der Waals surface area (Å²) in [6.45, 7) is 5.24. The van der Waals surface area contributed by atoms with E-state index in [0.29, 0.717) is 76.5 Å². The molecule has 196 valence electrons. The van der Waals surface area contributed by atoms with Crippen molar-refractivity contribution < 1.29 is 32.6 Å². The highest BCUT2D eigenvalue weighted by Crippen LogP contribution is 2.33. The third-order valence-electron chi connectivity index (χ3n) is 5.99. The second-order valence-corrected chi connectivity index (χ2v) is 8.75. The quantitative estimate of drug-likeness (QED) is 0.333. The Bertz CT molecular complexity index is 1020. The van der Waals surface area contributed by atoms with Gasteiger partial charge in [0.25, 0.3) is 0 Å².